The van der Waals surface area contributed by atoms with Crippen LogP contribution < -0.4 is 0 Å². The van der Waals surface area contributed by atoms with Crippen LogP contribution in [0.3, 0.4) is 0 Å². The highest BCUT2D eigenvalue weighted by atomic mass is 32.2. The van der Waals surface area contributed by atoms with Crippen molar-refractivity contribution in [3.63, 3.8) is 0 Å². The highest BCUT2D eigenvalue weighted by molar-refractivity contribution is 7.96. The average Bonchev–Trinajstić information content (AvgIpc) is 2.24. The summed E-state index contributed by atoms with van der Waals surface area (Å²) < 4.78 is 57.7. The van der Waals surface area contributed by atoms with Gasteiger partial charge in [-0.05, 0) is 12.8 Å². The van der Waals surface area contributed by atoms with Crippen molar-refractivity contribution in [1.29, 1.82) is 0 Å². The molecule has 0 aromatic heterocycles. The Bertz CT molecular complexity index is 443. The first-order valence-electron chi connectivity index (χ1n) is 5.63. The molecular formula is C11H15F3O4S. The molecule has 1 N–H and O–H groups in total. The van der Waals surface area contributed by atoms with Gasteiger partial charge in [-0.1, -0.05) is 12.3 Å². The summed E-state index contributed by atoms with van der Waals surface area (Å²) in [6.45, 7) is 0. The number of carbonyl (C=O) groups is 1. The monoisotopic (exact) mass is 300 g/mol. The first kappa shape index (κ1) is 17.8. The number of sulfone groups is 1. The molecule has 0 aromatic rings. The molecule has 110 valence electrons. The second-order valence-corrected chi connectivity index (χ2v) is 5.76. The van der Waals surface area contributed by atoms with E-state index in [9.17, 15) is 26.4 Å². The van der Waals surface area contributed by atoms with Gasteiger partial charge in [0.2, 0.25) is 9.84 Å². The van der Waals surface area contributed by atoms with E-state index in [2.05, 4.69) is 5.92 Å². The molecule has 0 aliphatic heterocycles. The summed E-state index contributed by atoms with van der Waals surface area (Å²) in [4.78, 5) is 10.2. The highest BCUT2D eigenvalue weighted by Crippen LogP contribution is 2.20. The zero-order valence-electron chi connectivity index (χ0n) is 10.2. The van der Waals surface area contributed by atoms with Crippen LogP contribution in [0.5, 0.6) is 0 Å². The van der Waals surface area contributed by atoms with Crippen LogP contribution in [0.2, 0.25) is 0 Å². The molecule has 0 fully saturated rings. The lowest BCUT2D eigenvalue weighted by atomic mass is 10.1. The van der Waals surface area contributed by atoms with E-state index in [1.165, 1.54) is 0 Å². The zero-order valence-corrected chi connectivity index (χ0v) is 11.0. The normalized spacial score (nSPS) is 11.7. The van der Waals surface area contributed by atoms with Gasteiger partial charge in [0, 0.05) is 18.1 Å². The van der Waals surface area contributed by atoms with E-state index in [-0.39, 0.29) is 12.8 Å². The van der Waals surface area contributed by atoms with Gasteiger partial charge in [0.1, 0.15) is 0 Å². The Morgan fingerprint density at radius 3 is 2.32 bits per heavy atom. The van der Waals surface area contributed by atoms with Crippen molar-refractivity contribution in [2.24, 2.45) is 0 Å². The topological polar surface area (TPSA) is 71.4 Å². The lowest BCUT2D eigenvalue weighted by Gasteiger charge is -2.02. The second-order valence-electron chi connectivity index (χ2n) is 3.92. The first-order chi connectivity index (χ1) is 8.62. The van der Waals surface area contributed by atoms with Gasteiger partial charge < -0.3 is 5.11 Å². The van der Waals surface area contributed by atoms with E-state index in [4.69, 9.17) is 5.11 Å². The molecule has 0 aliphatic rings. The predicted octanol–water partition coefficient (Wildman–Crippen LogP) is 2.35. The predicted molar refractivity (Wildman–Crippen MR) is 63.0 cm³/mol. The van der Waals surface area contributed by atoms with Crippen LogP contribution >= 0.6 is 0 Å². The fraction of sp³-hybridized carbons (Fsp3) is 0.727. The molecule has 0 saturated carbocycles. The molecule has 19 heavy (non-hydrogen) atoms. The van der Waals surface area contributed by atoms with Gasteiger partial charge in [-0.15, -0.1) is 0 Å². The van der Waals surface area contributed by atoms with Crippen molar-refractivity contribution >= 4 is 15.8 Å². The van der Waals surface area contributed by atoms with E-state index in [0.717, 1.165) is 0 Å². The quantitative estimate of drug-likeness (QED) is 0.445. The molecule has 0 saturated heterocycles. The Morgan fingerprint density at radius 1 is 1.16 bits per heavy atom. The molecule has 0 radical (unpaired) electrons. The summed E-state index contributed by atoms with van der Waals surface area (Å²) in [7, 11) is -4.00. The third kappa shape index (κ3) is 13.0. The number of aliphatic carboxylic acids is 1. The van der Waals surface area contributed by atoms with Crippen molar-refractivity contribution in [1.82, 2.24) is 0 Å². The number of carboxylic acid groups (broad SMARTS) is 1. The maximum Gasteiger partial charge on any atom is 0.390 e. The summed E-state index contributed by atoms with van der Waals surface area (Å²) in [5.41, 5.74) is 0. The third-order valence-electron chi connectivity index (χ3n) is 2.07. The van der Waals surface area contributed by atoms with Crippen LogP contribution in [0.1, 0.15) is 38.5 Å². The SMILES string of the molecule is O=C(O)CCCCCC#CS(=O)(=O)CCC(F)(F)F. The van der Waals surface area contributed by atoms with Crippen LogP contribution in [0.15, 0.2) is 0 Å². The van der Waals surface area contributed by atoms with E-state index in [1.54, 1.807) is 0 Å². The minimum Gasteiger partial charge on any atom is -0.481 e. The lowest BCUT2D eigenvalue weighted by Crippen LogP contribution is -2.14. The van der Waals surface area contributed by atoms with Crippen LogP contribution in [0.25, 0.3) is 0 Å². The van der Waals surface area contributed by atoms with Crippen LogP contribution in [-0.2, 0) is 14.6 Å². The number of halogens is 3. The third-order valence-corrected chi connectivity index (χ3v) is 3.27. The summed E-state index contributed by atoms with van der Waals surface area (Å²) in [6, 6.07) is 0. The molecule has 0 spiro atoms. The zero-order chi connectivity index (χ0) is 14.9. The number of carboxylic acids is 1. The summed E-state index contributed by atoms with van der Waals surface area (Å²) in [5.74, 6) is 0.370. The molecule has 8 heteroatoms. The summed E-state index contributed by atoms with van der Waals surface area (Å²) in [5, 5.41) is 10.2. The minimum absolute atomic E-state index is 0.0390. The lowest BCUT2D eigenvalue weighted by molar-refractivity contribution is -0.137. The Kier molecular flexibility index (Phi) is 7.52. The van der Waals surface area contributed by atoms with E-state index in [0.29, 0.717) is 19.3 Å². The fourth-order valence-corrected chi connectivity index (χ4v) is 2.05. The molecule has 0 amide bonds. The van der Waals surface area contributed by atoms with Crippen LogP contribution in [0, 0.1) is 11.2 Å². The van der Waals surface area contributed by atoms with Gasteiger partial charge in [0.05, 0.1) is 12.2 Å². The largest absolute Gasteiger partial charge is 0.481 e. The maximum absolute atomic E-state index is 11.8. The number of rotatable bonds is 7. The van der Waals surface area contributed by atoms with E-state index < -0.39 is 34.2 Å². The molecular weight excluding hydrogens is 285 g/mol. The van der Waals surface area contributed by atoms with Gasteiger partial charge in [-0.25, -0.2) is 8.42 Å². The van der Waals surface area contributed by atoms with Crippen molar-refractivity contribution in [3.8, 4) is 11.2 Å². The number of hydrogen-bond acceptors (Lipinski definition) is 3. The van der Waals surface area contributed by atoms with Gasteiger partial charge in [-0.3, -0.25) is 4.79 Å². The Morgan fingerprint density at radius 2 is 1.79 bits per heavy atom. The van der Waals surface area contributed by atoms with Crippen molar-refractivity contribution in [3.05, 3.63) is 0 Å². The number of unbranched alkanes of at least 4 members (excludes halogenated alkanes) is 3. The molecule has 0 bridgehead atoms. The van der Waals surface area contributed by atoms with Gasteiger partial charge in [0.25, 0.3) is 0 Å². The molecule has 0 aromatic carbocycles. The average molecular weight is 300 g/mol. The maximum atomic E-state index is 11.8. The molecule has 0 unspecified atom stereocenters. The van der Waals surface area contributed by atoms with Crippen molar-refractivity contribution in [2.75, 3.05) is 5.75 Å². The fourth-order valence-electron chi connectivity index (χ4n) is 1.13. The van der Waals surface area contributed by atoms with E-state index >= 15 is 0 Å². The van der Waals surface area contributed by atoms with Crippen LogP contribution in [-0.4, -0.2) is 31.4 Å². The summed E-state index contributed by atoms with van der Waals surface area (Å²) >= 11 is 0. The van der Waals surface area contributed by atoms with Gasteiger partial charge >= 0.3 is 12.1 Å². The summed E-state index contributed by atoms with van der Waals surface area (Å²) in [6.07, 6.45) is -4.06. The molecule has 0 atom stereocenters. The Hall–Kier alpha value is -1.23. The number of hydrogen-bond donors (Lipinski definition) is 1. The Labute approximate surface area is 109 Å². The first-order valence-corrected chi connectivity index (χ1v) is 7.28. The molecule has 0 heterocycles. The molecule has 4 nitrogen and oxygen atoms in total. The van der Waals surface area contributed by atoms with Gasteiger partial charge in [-0.2, -0.15) is 13.2 Å². The smallest absolute Gasteiger partial charge is 0.390 e. The number of alkyl halides is 3. The highest BCUT2D eigenvalue weighted by Gasteiger charge is 2.29. The molecule has 0 rings (SSSR count). The molecule has 0 aliphatic carbocycles. The van der Waals surface area contributed by atoms with Crippen LogP contribution in [0.4, 0.5) is 13.2 Å². The van der Waals surface area contributed by atoms with Crippen molar-refractivity contribution < 1.29 is 31.5 Å². The Balaban J connectivity index is 3.90. The second kappa shape index (κ2) is 8.04. The standard InChI is InChI=1S/C11H15F3O4S/c12-11(13,14)7-9-19(17,18)8-5-3-1-2-4-6-10(15)16/h1-4,6-7,9H2,(H,15,16). The minimum atomic E-state index is -4.51. The van der Waals surface area contributed by atoms with Crippen molar-refractivity contribution in [2.45, 2.75) is 44.7 Å². The van der Waals surface area contributed by atoms with Gasteiger partial charge in [0.15, 0.2) is 0 Å². The van der Waals surface area contributed by atoms with E-state index in [1.807, 2.05) is 5.25 Å².